The number of piperazine rings is 1. The summed E-state index contributed by atoms with van der Waals surface area (Å²) in [5.41, 5.74) is 1.94. The molecule has 0 radical (unpaired) electrons. The van der Waals surface area contributed by atoms with E-state index < -0.39 is 5.91 Å². The number of nitrogens with zero attached hydrogens (tertiary/aromatic N) is 2. The predicted molar refractivity (Wildman–Crippen MR) is 126 cm³/mol. The smallest absolute Gasteiger partial charge is 0.258 e. The number of nitrogens with one attached hydrogen (secondary N) is 2. The van der Waals surface area contributed by atoms with Gasteiger partial charge in [-0.25, -0.2) is 0 Å². The summed E-state index contributed by atoms with van der Waals surface area (Å²) in [5, 5.41) is 7.07. The van der Waals surface area contributed by atoms with E-state index in [1.807, 2.05) is 12.1 Å². The Kier molecular flexibility index (Phi) is 7.60. The Balaban J connectivity index is 1.61. The number of amides is 1. The maximum absolute atomic E-state index is 12.4. The molecule has 0 saturated carbocycles. The Bertz CT molecular complexity index is 917. The molecule has 0 unspecified atom stereocenters. The molecular weight excluding hydrogens is 451 g/mol. The highest BCUT2D eigenvalue weighted by molar-refractivity contribution is 7.80. The lowest BCUT2D eigenvalue weighted by Crippen LogP contribution is -2.46. The lowest BCUT2D eigenvalue weighted by Gasteiger charge is -2.36. The van der Waals surface area contributed by atoms with Gasteiger partial charge in [-0.15, -0.1) is 0 Å². The molecule has 0 aliphatic carbocycles. The molecule has 0 aromatic heterocycles. The summed E-state index contributed by atoms with van der Waals surface area (Å²) in [5.74, 6) is -0.438. The van der Waals surface area contributed by atoms with Crippen molar-refractivity contribution in [2.75, 3.05) is 42.9 Å². The van der Waals surface area contributed by atoms with Crippen molar-refractivity contribution < 1.29 is 4.79 Å². The number of carbonyl (C=O) groups is 1. The van der Waals surface area contributed by atoms with Crippen molar-refractivity contribution in [1.82, 2.24) is 10.2 Å². The average Bonchev–Trinajstić information content (AvgIpc) is 2.70. The molecule has 5 nitrogen and oxygen atoms in total. The Morgan fingerprint density at radius 1 is 1.03 bits per heavy atom. The number of carbonyl (C=O) groups excluding carboxylic acids is 1. The van der Waals surface area contributed by atoms with Gasteiger partial charge in [-0.1, -0.05) is 41.7 Å². The molecule has 29 heavy (non-hydrogen) atoms. The molecule has 0 spiro atoms. The minimum absolute atomic E-state index is 0.145. The van der Waals surface area contributed by atoms with Gasteiger partial charge in [0.2, 0.25) is 0 Å². The Labute approximate surface area is 190 Å². The number of benzene rings is 2. The summed E-state index contributed by atoms with van der Waals surface area (Å²) in [6.07, 6.45) is 0. The Morgan fingerprint density at radius 3 is 2.41 bits per heavy atom. The van der Waals surface area contributed by atoms with Crippen molar-refractivity contribution in [2.45, 2.75) is 6.92 Å². The van der Waals surface area contributed by atoms with Crippen molar-refractivity contribution in [1.29, 1.82) is 0 Å². The summed E-state index contributed by atoms with van der Waals surface area (Å²) in [6.45, 7) is 7.16. The van der Waals surface area contributed by atoms with E-state index in [2.05, 4.69) is 27.4 Å². The molecule has 0 bridgehead atoms. The molecule has 154 valence electrons. The monoisotopic (exact) mass is 470 g/mol. The van der Waals surface area contributed by atoms with Crippen LogP contribution in [0.15, 0.2) is 36.4 Å². The molecular formula is C20H21Cl3N4OS. The van der Waals surface area contributed by atoms with Crippen LogP contribution in [0.3, 0.4) is 0 Å². The van der Waals surface area contributed by atoms with Crippen LogP contribution in [0.4, 0.5) is 11.4 Å². The maximum Gasteiger partial charge on any atom is 0.258 e. The SMILES string of the molecule is CCN1CCN(c2ccc(NC(=S)NC(=O)c3cc(Cl)ccc3Cl)cc2Cl)CC1. The van der Waals surface area contributed by atoms with Gasteiger partial charge in [-0.3, -0.25) is 10.1 Å². The molecule has 1 aliphatic heterocycles. The second-order valence-corrected chi connectivity index (χ2v) is 8.28. The molecule has 1 fully saturated rings. The third kappa shape index (κ3) is 5.74. The Morgan fingerprint density at radius 2 is 1.76 bits per heavy atom. The van der Waals surface area contributed by atoms with Gasteiger partial charge in [0.15, 0.2) is 5.11 Å². The molecule has 2 N–H and O–H groups in total. The lowest BCUT2D eigenvalue weighted by molar-refractivity contribution is 0.0978. The first kappa shape index (κ1) is 22.1. The van der Waals surface area contributed by atoms with Gasteiger partial charge in [-0.2, -0.15) is 0 Å². The molecule has 3 rings (SSSR count). The fourth-order valence-electron chi connectivity index (χ4n) is 3.15. The molecule has 1 amide bonds. The molecule has 1 aliphatic rings. The van der Waals surface area contributed by atoms with Gasteiger partial charge >= 0.3 is 0 Å². The van der Waals surface area contributed by atoms with Crippen LogP contribution in [0, 0.1) is 0 Å². The molecule has 2 aromatic rings. The predicted octanol–water partition coefficient (Wildman–Crippen LogP) is 4.92. The summed E-state index contributed by atoms with van der Waals surface area (Å²) < 4.78 is 0. The summed E-state index contributed by atoms with van der Waals surface area (Å²) in [6, 6.07) is 10.3. The molecule has 0 atom stereocenters. The van der Waals surface area contributed by atoms with E-state index in [1.165, 1.54) is 6.07 Å². The van der Waals surface area contributed by atoms with Crippen molar-refractivity contribution in [3.05, 3.63) is 57.0 Å². The molecule has 2 aromatic carbocycles. The van der Waals surface area contributed by atoms with Crippen molar-refractivity contribution in [2.24, 2.45) is 0 Å². The van der Waals surface area contributed by atoms with Crippen molar-refractivity contribution >= 4 is 69.4 Å². The largest absolute Gasteiger partial charge is 0.368 e. The quantitative estimate of drug-likeness (QED) is 0.620. The van der Waals surface area contributed by atoms with Gasteiger partial charge in [0.05, 0.1) is 21.3 Å². The van der Waals surface area contributed by atoms with Gasteiger partial charge in [-0.05, 0) is 55.2 Å². The van der Waals surface area contributed by atoms with E-state index in [9.17, 15) is 4.79 Å². The number of hydrogen-bond donors (Lipinski definition) is 2. The van der Waals surface area contributed by atoms with Crippen molar-refractivity contribution in [3.63, 3.8) is 0 Å². The number of hydrogen-bond acceptors (Lipinski definition) is 4. The van der Waals surface area contributed by atoms with Crippen LogP contribution in [0.5, 0.6) is 0 Å². The summed E-state index contributed by atoms with van der Waals surface area (Å²) >= 11 is 23.7. The molecule has 9 heteroatoms. The maximum atomic E-state index is 12.4. The van der Waals surface area contributed by atoms with Crippen molar-refractivity contribution in [3.8, 4) is 0 Å². The van der Waals surface area contributed by atoms with Crippen LogP contribution in [-0.4, -0.2) is 48.6 Å². The highest BCUT2D eigenvalue weighted by Crippen LogP contribution is 2.29. The topological polar surface area (TPSA) is 47.6 Å². The Hall–Kier alpha value is -1.57. The normalized spacial score (nSPS) is 14.6. The summed E-state index contributed by atoms with van der Waals surface area (Å²) in [7, 11) is 0. The van der Waals surface area contributed by atoms with Gasteiger partial charge in [0.25, 0.3) is 5.91 Å². The fraction of sp³-hybridized carbons (Fsp3) is 0.300. The van der Waals surface area contributed by atoms with Gasteiger partial charge < -0.3 is 15.1 Å². The minimum Gasteiger partial charge on any atom is -0.368 e. The minimum atomic E-state index is -0.438. The standard InChI is InChI=1S/C20H21Cl3N4OS/c1-2-26-7-9-27(10-8-26)18-6-4-14(12-17(18)23)24-20(29)25-19(28)15-11-13(21)3-5-16(15)22/h3-6,11-12H,2,7-10H2,1H3,(H2,24,25,28,29). The molecule has 1 heterocycles. The van der Waals surface area contributed by atoms with Crippen LogP contribution < -0.4 is 15.5 Å². The number of likely N-dealkylation sites (N-methyl/N-ethyl adjacent to an activating group) is 1. The third-order valence-electron chi connectivity index (χ3n) is 4.77. The fourth-order valence-corrected chi connectivity index (χ4v) is 4.04. The van der Waals surface area contributed by atoms with Crippen LogP contribution in [0.25, 0.3) is 0 Å². The first-order chi connectivity index (χ1) is 13.9. The first-order valence-corrected chi connectivity index (χ1v) is 10.8. The van der Waals surface area contributed by atoms with Crippen LogP contribution in [-0.2, 0) is 0 Å². The summed E-state index contributed by atoms with van der Waals surface area (Å²) in [4.78, 5) is 17.1. The van der Waals surface area contributed by atoms with E-state index in [4.69, 9.17) is 47.0 Å². The zero-order valence-electron chi connectivity index (χ0n) is 15.8. The van der Waals surface area contributed by atoms with Crippen LogP contribution in [0.2, 0.25) is 15.1 Å². The third-order valence-corrected chi connectivity index (χ3v) is 5.84. The van der Waals surface area contributed by atoms with Crippen LogP contribution in [0.1, 0.15) is 17.3 Å². The van der Waals surface area contributed by atoms with E-state index in [1.54, 1.807) is 18.2 Å². The highest BCUT2D eigenvalue weighted by atomic mass is 35.5. The second-order valence-electron chi connectivity index (χ2n) is 6.62. The van der Waals surface area contributed by atoms with E-state index in [0.29, 0.717) is 20.8 Å². The highest BCUT2D eigenvalue weighted by Gasteiger charge is 2.18. The van der Waals surface area contributed by atoms with E-state index >= 15 is 0 Å². The number of halogens is 3. The van der Waals surface area contributed by atoms with Gasteiger partial charge in [0.1, 0.15) is 0 Å². The second kappa shape index (κ2) is 9.96. The van der Waals surface area contributed by atoms with E-state index in [0.717, 1.165) is 38.4 Å². The average molecular weight is 472 g/mol. The molecule has 1 saturated heterocycles. The number of rotatable bonds is 4. The number of anilines is 2. The zero-order valence-corrected chi connectivity index (χ0v) is 18.9. The van der Waals surface area contributed by atoms with Crippen LogP contribution >= 0.6 is 47.0 Å². The van der Waals surface area contributed by atoms with Gasteiger partial charge in [0, 0.05) is 36.9 Å². The lowest BCUT2D eigenvalue weighted by atomic mass is 10.2. The number of thiocarbonyl (C=S) groups is 1. The first-order valence-electron chi connectivity index (χ1n) is 9.21. The zero-order chi connectivity index (χ0) is 21.0. The van der Waals surface area contributed by atoms with E-state index in [-0.39, 0.29) is 10.7 Å².